The summed E-state index contributed by atoms with van der Waals surface area (Å²) >= 11 is 0. The van der Waals surface area contributed by atoms with Crippen LogP contribution in [0.25, 0.3) is 0 Å². The Labute approximate surface area is 265 Å². The van der Waals surface area contributed by atoms with Gasteiger partial charge in [-0.15, -0.1) is 0 Å². The van der Waals surface area contributed by atoms with Crippen LogP contribution in [0.4, 0.5) is 0 Å². The minimum Gasteiger partial charge on any atom is -0.0776 e. The lowest BCUT2D eigenvalue weighted by atomic mass is 9.71. The lowest BCUT2D eigenvalue weighted by molar-refractivity contribution is 0.157. The molecule has 1 saturated carbocycles. The second-order valence-corrected chi connectivity index (χ2v) is 13.8. The normalized spacial score (nSPS) is 22.1. The predicted molar refractivity (Wildman–Crippen MR) is 199 cm³/mol. The summed E-state index contributed by atoms with van der Waals surface area (Å²) in [6.07, 6.45) is 9.64. The molecule has 1 aromatic carbocycles. The zero-order valence-corrected chi connectivity index (χ0v) is 29.6. The fourth-order valence-corrected chi connectivity index (χ4v) is 5.34. The maximum absolute atomic E-state index is 2.40. The molecule has 0 amide bonds. The Bertz CT molecular complexity index is 645. The third kappa shape index (κ3) is 20.7. The molecule has 0 aliphatic heterocycles. The maximum Gasteiger partial charge on any atom is -0.0392 e. The second-order valence-electron chi connectivity index (χ2n) is 13.8. The van der Waals surface area contributed by atoms with Crippen LogP contribution < -0.4 is 0 Å². The highest BCUT2D eigenvalue weighted by atomic mass is 14.3. The van der Waals surface area contributed by atoms with E-state index in [-0.39, 0.29) is 22.3 Å². The number of hydrogen-bond acceptors (Lipinski definition) is 0. The number of benzene rings is 1. The highest BCUT2D eigenvalue weighted by Crippen LogP contribution is 2.36. The molecule has 41 heavy (non-hydrogen) atoms. The molecule has 0 aromatic heterocycles. The van der Waals surface area contributed by atoms with Gasteiger partial charge in [-0.3, -0.25) is 0 Å². The van der Waals surface area contributed by atoms with E-state index in [1.54, 1.807) is 0 Å². The zero-order valence-electron chi connectivity index (χ0n) is 29.6. The molecule has 8 unspecified atom stereocenters. The molecule has 0 nitrogen and oxygen atoms in total. The van der Waals surface area contributed by atoms with Crippen molar-refractivity contribution in [2.24, 2.45) is 47.3 Å². The van der Waals surface area contributed by atoms with Gasteiger partial charge in [0.1, 0.15) is 0 Å². The summed E-state index contributed by atoms with van der Waals surface area (Å²) < 4.78 is 0. The van der Waals surface area contributed by atoms with Crippen molar-refractivity contribution in [3.05, 3.63) is 33.9 Å². The van der Waals surface area contributed by atoms with Gasteiger partial charge in [0.15, 0.2) is 0 Å². The van der Waals surface area contributed by atoms with E-state index in [0.29, 0.717) is 0 Å². The van der Waals surface area contributed by atoms with Crippen molar-refractivity contribution in [2.75, 3.05) is 0 Å². The molecule has 0 N–H and O–H groups in total. The van der Waals surface area contributed by atoms with Gasteiger partial charge in [-0.1, -0.05) is 137 Å². The van der Waals surface area contributed by atoms with Crippen molar-refractivity contribution in [3.8, 4) is 0 Å². The summed E-state index contributed by atoms with van der Waals surface area (Å²) in [5, 5.41) is 0. The van der Waals surface area contributed by atoms with Crippen molar-refractivity contribution in [1.82, 2.24) is 0 Å². The van der Waals surface area contributed by atoms with Gasteiger partial charge in [-0.25, -0.2) is 0 Å². The Hall–Kier alpha value is -0.780. The van der Waals surface area contributed by atoms with Crippen molar-refractivity contribution in [2.45, 2.75) is 185 Å². The molecule has 1 aliphatic carbocycles. The van der Waals surface area contributed by atoms with Crippen LogP contribution in [-0.2, 0) is 0 Å². The van der Waals surface area contributed by atoms with Gasteiger partial charge < -0.3 is 0 Å². The van der Waals surface area contributed by atoms with E-state index >= 15 is 0 Å². The number of aryl methyl sites for hydroxylation is 2. The first-order valence-corrected chi connectivity index (χ1v) is 16.6. The molecule has 0 saturated heterocycles. The molecule has 8 atom stereocenters. The first kappa shape index (κ1) is 49.9. The van der Waals surface area contributed by atoms with E-state index in [0.717, 1.165) is 47.3 Å². The minimum atomic E-state index is 0. The van der Waals surface area contributed by atoms with Crippen LogP contribution in [0, 0.1) is 82.0 Å². The molecular formula is C41H86. The Morgan fingerprint density at radius 2 is 0.780 bits per heavy atom. The topological polar surface area (TPSA) is 0 Å². The molecule has 0 heterocycles. The molecule has 0 radical (unpaired) electrons. The van der Waals surface area contributed by atoms with Gasteiger partial charge in [0.05, 0.1) is 0 Å². The molecule has 1 aliphatic rings. The summed E-state index contributed by atoms with van der Waals surface area (Å²) in [6, 6.07) is 2.26. The predicted octanol–water partition coefficient (Wildman–Crippen LogP) is 15.0. The fourth-order valence-electron chi connectivity index (χ4n) is 5.34. The summed E-state index contributed by atoms with van der Waals surface area (Å²) in [4.78, 5) is 0. The zero-order chi connectivity index (χ0) is 30.2. The smallest absolute Gasteiger partial charge is 0.0392 e. The number of hydrogen-bond donors (Lipinski definition) is 0. The van der Waals surface area contributed by atoms with Crippen molar-refractivity contribution < 1.29 is 0 Å². The van der Waals surface area contributed by atoms with Crippen LogP contribution in [-0.4, -0.2) is 0 Å². The summed E-state index contributed by atoms with van der Waals surface area (Å²) in [7, 11) is 0. The van der Waals surface area contributed by atoms with Gasteiger partial charge in [0, 0.05) is 0 Å². The Morgan fingerprint density at radius 3 is 1.00 bits per heavy atom. The van der Waals surface area contributed by atoms with E-state index in [2.05, 4.69) is 124 Å². The monoisotopic (exact) mass is 579 g/mol. The Kier molecular flexibility index (Phi) is 32.6. The highest BCUT2D eigenvalue weighted by Gasteiger charge is 2.26. The second kappa shape index (κ2) is 26.8. The largest absolute Gasteiger partial charge is 0.0776 e. The Balaban J connectivity index is -0.000000138. The summed E-state index contributed by atoms with van der Waals surface area (Å²) in [5.41, 5.74) is 7.14. The van der Waals surface area contributed by atoms with Gasteiger partial charge in [-0.2, -0.15) is 0 Å². The first-order chi connectivity index (χ1) is 17.6. The average Bonchev–Trinajstić information content (AvgIpc) is 2.89. The Morgan fingerprint density at radius 1 is 0.512 bits per heavy atom. The van der Waals surface area contributed by atoms with E-state index in [4.69, 9.17) is 0 Å². The SMILES string of the molecule is C.C.C.CC1CC(C)C(C)CC1C.CCC(C)C(C)CC.CCC(C)CC(C)CC.Cc1cc(C)c(C)c(C)c1C. The third-order valence-corrected chi connectivity index (χ3v) is 10.6. The molecule has 0 bridgehead atoms. The van der Waals surface area contributed by atoms with Gasteiger partial charge in [-0.05, 0) is 129 Å². The summed E-state index contributed by atoms with van der Waals surface area (Å²) in [6.45, 7) is 38.9. The molecule has 0 heteroatoms. The maximum atomic E-state index is 2.40. The van der Waals surface area contributed by atoms with Crippen molar-refractivity contribution in [1.29, 1.82) is 0 Å². The molecule has 250 valence electrons. The van der Waals surface area contributed by atoms with Crippen LogP contribution >= 0.6 is 0 Å². The van der Waals surface area contributed by atoms with E-state index in [1.807, 2.05) is 0 Å². The molecule has 2 rings (SSSR count). The molecular weight excluding hydrogens is 492 g/mol. The lowest BCUT2D eigenvalue weighted by Crippen LogP contribution is -2.25. The van der Waals surface area contributed by atoms with Crippen LogP contribution in [0.3, 0.4) is 0 Å². The summed E-state index contributed by atoms with van der Waals surface area (Å²) in [5.74, 6) is 7.55. The third-order valence-electron chi connectivity index (χ3n) is 10.6. The average molecular weight is 579 g/mol. The van der Waals surface area contributed by atoms with Crippen LogP contribution in [0.5, 0.6) is 0 Å². The van der Waals surface area contributed by atoms with Gasteiger partial charge >= 0.3 is 0 Å². The van der Waals surface area contributed by atoms with Crippen molar-refractivity contribution >= 4 is 0 Å². The minimum absolute atomic E-state index is 0. The standard InChI is InChI=1S/C11H16.C10H20.C9H20.C8H18.3CH4/c1-7-6-8(2)10(4)11(5)9(7)3;1-7-5-9(3)10(4)6-8(7)2;1-5-8(3)7-9(4)6-2;1-5-7(3)8(4)6-2;;;/h6H,1-5H3;7-10H,5-6H2,1-4H3;8-9H,5-7H2,1-4H3;7-8H,5-6H2,1-4H3;3*1H4. The van der Waals surface area contributed by atoms with E-state index in [9.17, 15) is 0 Å². The van der Waals surface area contributed by atoms with Gasteiger partial charge in [0.25, 0.3) is 0 Å². The van der Waals surface area contributed by atoms with Gasteiger partial charge in [0.2, 0.25) is 0 Å². The van der Waals surface area contributed by atoms with E-state index < -0.39 is 0 Å². The molecule has 1 aromatic rings. The quantitative estimate of drug-likeness (QED) is 0.302. The first-order valence-electron chi connectivity index (χ1n) is 16.6. The molecule has 0 spiro atoms. The highest BCUT2D eigenvalue weighted by molar-refractivity contribution is 5.42. The fraction of sp³-hybridized carbons (Fsp3) is 0.854. The number of rotatable bonds is 7. The van der Waals surface area contributed by atoms with Crippen LogP contribution in [0.2, 0.25) is 0 Å². The van der Waals surface area contributed by atoms with Crippen molar-refractivity contribution in [3.63, 3.8) is 0 Å². The van der Waals surface area contributed by atoms with E-state index in [1.165, 1.54) is 72.8 Å². The van der Waals surface area contributed by atoms with Crippen LogP contribution in [0.15, 0.2) is 6.07 Å². The molecule has 1 fully saturated rings. The van der Waals surface area contributed by atoms with Crippen LogP contribution in [0.1, 0.15) is 178 Å². The lowest BCUT2D eigenvalue weighted by Gasteiger charge is -2.35.